The van der Waals surface area contributed by atoms with Crippen LogP contribution in [0.5, 0.6) is 0 Å². The van der Waals surface area contributed by atoms with Crippen LogP contribution in [0.2, 0.25) is 0 Å². The summed E-state index contributed by atoms with van der Waals surface area (Å²) >= 11 is 0. The minimum Gasteiger partial charge on any atom is -0.309 e. The van der Waals surface area contributed by atoms with Crippen molar-refractivity contribution in [2.75, 3.05) is 11.9 Å². The minimum absolute atomic E-state index is 0.255. The van der Waals surface area contributed by atoms with Crippen molar-refractivity contribution in [3.8, 4) is 0 Å². The van der Waals surface area contributed by atoms with Crippen molar-refractivity contribution in [3.63, 3.8) is 0 Å². The lowest BCUT2D eigenvalue weighted by Gasteiger charge is -2.12. The van der Waals surface area contributed by atoms with Gasteiger partial charge in [0.25, 0.3) is 0 Å². The smallest absolute Gasteiger partial charge is 0.228 e. The number of aryl methyl sites for hydroxylation is 3. The largest absolute Gasteiger partial charge is 0.309 e. The Balaban J connectivity index is 1.87. The van der Waals surface area contributed by atoms with Crippen LogP contribution in [0, 0.1) is 20.8 Å². The van der Waals surface area contributed by atoms with Crippen LogP contribution >= 0.6 is 0 Å². The maximum Gasteiger partial charge on any atom is 0.228 e. The van der Waals surface area contributed by atoms with Crippen LogP contribution in [0.25, 0.3) is 0 Å². The third kappa shape index (κ3) is 3.33. The highest BCUT2D eigenvalue weighted by Gasteiger charge is 2.19. The first kappa shape index (κ1) is 13.9. The average molecular weight is 284 g/mol. The SMILES string of the molecule is Cc1cc(C)nc(Nc2cc(C)nc([C@@H]3CCCN3)n2)n1. The van der Waals surface area contributed by atoms with E-state index in [0.29, 0.717) is 5.95 Å². The van der Waals surface area contributed by atoms with Crippen molar-refractivity contribution in [2.45, 2.75) is 39.7 Å². The van der Waals surface area contributed by atoms with E-state index in [1.165, 1.54) is 6.42 Å². The van der Waals surface area contributed by atoms with E-state index in [1.807, 2.05) is 32.9 Å². The Morgan fingerprint density at radius 1 is 1.00 bits per heavy atom. The molecule has 1 aliphatic rings. The van der Waals surface area contributed by atoms with Crippen LogP contribution in [-0.2, 0) is 0 Å². The molecule has 1 aliphatic heterocycles. The molecule has 0 unspecified atom stereocenters. The van der Waals surface area contributed by atoms with Gasteiger partial charge in [-0.2, -0.15) is 0 Å². The van der Waals surface area contributed by atoms with Gasteiger partial charge in [0.2, 0.25) is 5.95 Å². The van der Waals surface area contributed by atoms with E-state index in [4.69, 9.17) is 0 Å². The molecule has 110 valence electrons. The molecule has 1 fully saturated rings. The molecule has 2 aromatic heterocycles. The molecule has 6 heteroatoms. The summed E-state index contributed by atoms with van der Waals surface area (Å²) in [4.78, 5) is 17.9. The van der Waals surface area contributed by atoms with Crippen LogP contribution < -0.4 is 10.6 Å². The topological polar surface area (TPSA) is 75.6 Å². The summed E-state index contributed by atoms with van der Waals surface area (Å²) in [6.07, 6.45) is 2.26. The van der Waals surface area contributed by atoms with Gasteiger partial charge in [-0.1, -0.05) is 0 Å². The standard InChI is InChI=1S/C15H20N6/c1-9-7-10(2)19-15(18-9)21-13-8-11(3)17-14(20-13)12-5-4-6-16-12/h7-8,12,16H,4-6H2,1-3H3,(H,17,18,19,20,21)/t12-/m0/s1. The third-order valence-electron chi connectivity index (χ3n) is 3.47. The van der Waals surface area contributed by atoms with Crippen molar-refractivity contribution >= 4 is 11.8 Å². The first-order valence-electron chi connectivity index (χ1n) is 7.28. The Labute approximate surface area is 124 Å². The third-order valence-corrected chi connectivity index (χ3v) is 3.47. The lowest BCUT2D eigenvalue weighted by molar-refractivity contribution is 0.603. The van der Waals surface area contributed by atoms with Gasteiger partial charge in [0, 0.05) is 23.1 Å². The molecule has 3 rings (SSSR count). The summed E-state index contributed by atoms with van der Waals surface area (Å²) in [5.74, 6) is 2.17. The zero-order chi connectivity index (χ0) is 14.8. The molecule has 6 nitrogen and oxygen atoms in total. The average Bonchev–Trinajstić information content (AvgIpc) is 2.90. The predicted octanol–water partition coefficient (Wildman–Crippen LogP) is 2.36. The van der Waals surface area contributed by atoms with E-state index in [0.717, 1.165) is 41.7 Å². The van der Waals surface area contributed by atoms with Gasteiger partial charge in [-0.05, 0) is 46.2 Å². The molecule has 0 amide bonds. The molecule has 1 saturated heterocycles. The number of nitrogens with zero attached hydrogens (tertiary/aromatic N) is 4. The maximum atomic E-state index is 4.61. The zero-order valence-corrected chi connectivity index (χ0v) is 12.6. The Bertz CT molecular complexity index is 628. The number of aromatic nitrogens is 4. The minimum atomic E-state index is 0.255. The first-order chi connectivity index (χ1) is 10.1. The summed E-state index contributed by atoms with van der Waals surface area (Å²) < 4.78 is 0. The van der Waals surface area contributed by atoms with Crippen molar-refractivity contribution < 1.29 is 0 Å². The van der Waals surface area contributed by atoms with E-state index in [2.05, 4.69) is 30.6 Å². The van der Waals surface area contributed by atoms with Gasteiger partial charge in [-0.3, -0.25) is 0 Å². The van der Waals surface area contributed by atoms with Gasteiger partial charge in [0.05, 0.1) is 6.04 Å². The van der Waals surface area contributed by atoms with Gasteiger partial charge < -0.3 is 10.6 Å². The molecular formula is C15H20N6. The molecule has 0 saturated carbocycles. The molecule has 2 N–H and O–H groups in total. The number of anilines is 2. The van der Waals surface area contributed by atoms with E-state index in [9.17, 15) is 0 Å². The molecule has 21 heavy (non-hydrogen) atoms. The summed E-state index contributed by atoms with van der Waals surface area (Å²) in [6, 6.07) is 4.12. The highest BCUT2D eigenvalue weighted by Crippen LogP contribution is 2.22. The predicted molar refractivity (Wildman–Crippen MR) is 81.5 cm³/mol. The Kier molecular flexibility index (Phi) is 3.79. The molecule has 3 heterocycles. The van der Waals surface area contributed by atoms with Gasteiger partial charge >= 0.3 is 0 Å². The van der Waals surface area contributed by atoms with E-state index < -0.39 is 0 Å². The van der Waals surface area contributed by atoms with Crippen molar-refractivity contribution in [2.24, 2.45) is 0 Å². The van der Waals surface area contributed by atoms with Gasteiger partial charge in [0.1, 0.15) is 11.6 Å². The molecule has 0 aliphatic carbocycles. The molecule has 0 bridgehead atoms. The molecular weight excluding hydrogens is 264 g/mol. The van der Waals surface area contributed by atoms with E-state index in [-0.39, 0.29) is 6.04 Å². The molecule has 0 radical (unpaired) electrons. The molecule has 2 aromatic rings. The van der Waals surface area contributed by atoms with E-state index in [1.54, 1.807) is 0 Å². The van der Waals surface area contributed by atoms with Crippen LogP contribution in [-0.4, -0.2) is 26.5 Å². The zero-order valence-electron chi connectivity index (χ0n) is 12.6. The number of hydrogen-bond donors (Lipinski definition) is 2. The second-order valence-electron chi connectivity index (χ2n) is 5.50. The van der Waals surface area contributed by atoms with Crippen LogP contribution in [0.15, 0.2) is 12.1 Å². The van der Waals surface area contributed by atoms with Gasteiger partial charge in [-0.15, -0.1) is 0 Å². The number of rotatable bonds is 3. The Morgan fingerprint density at radius 3 is 2.38 bits per heavy atom. The first-order valence-corrected chi connectivity index (χ1v) is 7.28. The van der Waals surface area contributed by atoms with Crippen LogP contribution in [0.4, 0.5) is 11.8 Å². The van der Waals surface area contributed by atoms with Gasteiger partial charge in [-0.25, -0.2) is 19.9 Å². The fourth-order valence-corrected chi connectivity index (χ4v) is 2.61. The lowest BCUT2D eigenvalue weighted by Crippen LogP contribution is -2.17. The van der Waals surface area contributed by atoms with Crippen molar-refractivity contribution in [1.82, 2.24) is 25.3 Å². The Hall–Kier alpha value is -2.08. The fraction of sp³-hybridized carbons (Fsp3) is 0.467. The Morgan fingerprint density at radius 2 is 1.71 bits per heavy atom. The normalized spacial score (nSPS) is 18.0. The molecule has 0 spiro atoms. The highest BCUT2D eigenvalue weighted by atomic mass is 15.2. The maximum absolute atomic E-state index is 4.61. The number of hydrogen-bond acceptors (Lipinski definition) is 6. The van der Waals surface area contributed by atoms with Crippen molar-refractivity contribution in [3.05, 3.63) is 35.0 Å². The summed E-state index contributed by atoms with van der Waals surface area (Å²) in [5.41, 5.74) is 2.82. The summed E-state index contributed by atoms with van der Waals surface area (Å²) in [7, 11) is 0. The molecule has 0 aromatic carbocycles. The fourth-order valence-electron chi connectivity index (χ4n) is 2.61. The summed E-state index contributed by atoms with van der Waals surface area (Å²) in [6.45, 7) is 6.93. The van der Waals surface area contributed by atoms with E-state index >= 15 is 0 Å². The van der Waals surface area contributed by atoms with Crippen molar-refractivity contribution in [1.29, 1.82) is 0 Å². The molecule has 1 atom stereocenters. The lowest BCUT2D eigenvalue weighted by atomic mass is 10.2. The highest BCUT2D eigenvalue weighted by molar-refractivity contribution is 5.48. The number of nitrogens with one attached hydrogen (secondary N) is 2. The van der Waals surface area contributed by atoms with Crippen LogP contribution in [0.1, 0.15) is 41.8 Å². The van der Waals surface area contributed by atoms with Gasteiger partial charge in [0.15, 0.2) is 0 Å². The second-order valence-corrected chi connectivity index (χ2v) is 5.50. The monoisotopic (exact) mass is 284 g/mol. The second kappa shape index (κ2) is 5.73. The van der Waals surface area contributed by atoms with Crippen LogP contribution in [0.3, 0.4) is 0 Å². The quantitative estimate of drug-likeness (QED) is 0.901. The summed E-state index contributed by atoms with van der Waals surface area (Å²) in [5, 5.41) is 6.61.